The van der Waals surface area contributed by atoms with E-state index in [1.165, 1.54) is 0 Å². The molecule has 0 aliphatic carbocycles. The lowest BCUT2D eigenvalue weighted by molar-refractivity contribution is -0.122. The summed E-state index contributed by atoms with van der Waals surface area (Å²) in [6.07, 6.45) is 2.45. The zero-order valence-electron chi connectivity index (χ0n) is 13.0. The van der Waals surface area contributed by atoms with Crippen molar-refractivity contribution < 1.29 is 14.3 Å². The number of ether oxygens (including phenoxy) is 2. The molecule has 0 radical (unpaired) electrons. The topological polar surface area (TPSA) is 73.6 Å². The Hall–Kier alpha value is -1.43. The molecule has 1 fully saturated rings. The second-order valence-electron chi connectivity index (χ2n) is 5.75. The molecule has 1 aromatic rings. The van der Waals surface area contributed by atoms with Crippen LogP contribution in [0, 0.1) is 5.92 Å². The number of rotatable bonds is 9. The summed E-state index contributed by atoms with van der Waals surface area (Å²) in [5, 5.41) is 2.86. The lowest BCUT2D eigenvalue weighted by atomic mass is 10.1. The maximum atomic E-state index is 11.9. The van der Waals surface area contributed by atoms with Crippen LogP contribution in [0.15, 0.2) is 30.3 Å². The first-order valence-corrected chi connectivity index (χ1v) is 7.98. The van der Waals surface area contributed by atoms with Crippen LogP contribution in [0.5, 0.6) is 0 Å². The summed E-state index contributed by atoms with van der Waals surface area (Å²) in [6, 6.07) is 9.31. The standard InChI is InChI=1S/C17H26N2O3/c18-16(11-14-5-2-1-3-6-14)17(20)19-8-4-9-21-12-15-7-10-22-13-15/h1-3,5-6,15-16H,4,7-13,18H2,(H,19,20)/t15?,16-/m0/s1. The summed E-state index contributed by atoms with van der Waals surface area (Å²) in [7, 11) is 0. The largest absolute Gasteiger partial charge is 0.381 e. The van der Waals surface area contributed by atoms with E-state index in [-0.39, 0.29) is 5.91 Å². The molecule has 1 aliphatic rings. The van der Waals surface area contributed by atoms with Gasteiger partial charge in [-0.2, -0.15) is 0 Å². The van der Waals surface area contributed by atoms with Gasteiger partial charge in [0.25, 0.3) is 0 Å². The molecule has 1 saturated heterocycles. The van der Waals surface area contributed by atoms with Crippen molar-refractivity contribution in [2.24, 2.45) is 11.7 Å². The predicted molar refractivity (Wildman–Crippen MR) is 85.5 cm³/mol. The van der Waals surface area contributed by atoms with Crippen LogP contribution in [-0.4, -0.2) is 44.9 Å². The smallest absolute Gasteiger partial charge is 0.237 e. The Morgan fingerprint density at radius 1 is 1.41 bits per heavy atom. The van der Waals surface area contributed by atoms with Crippen molar-refractivity contribution in [2.45, 2.75) is 25.3 Å². The van der Waals surface area contributed by atoms with E-state index in [4.69, 9.17) is 15.2 Å². The molecule has 0 saturated carbocycles. The molecule has 2 rings (SSSR count). The van der Waals surface area contributed by atoms with Crippen LogP contribution < -0.4 is 11.1 Å². The average molecular weight is 306 g/mol. The van der Waals surface area contributed by atoms with Gasteiger partial charge < -0.3 is 20.5 Å². The third-order valence-electron chi connectivity index (χ3n) is 3.78. The van der Waals surface area contributed by atoms with Crippen LogP contribution in [0.2, 0.25) is 0 Å². The van der Waals surface area contributed by atoms with Crippen molar-refractivity contribution in [1.29, 1.82) is 0 Å². The number of carbonyl (C=O) groups is 1. The monoisotopic (exact) mass is 306 g/mol. The summed E-state index contributed by atoms with van der Waals surface area (Å²) in [6.45, 7) is 3.67. The number of nitrogens with two attached hydrogens (primary N) is 1. The van der Waals surface area contributed by atoms with E-state index in [9.17, 15) is 4.79 Å². The molecule has 3 N–H and O–H groups in total. The molecule has 0 aromatic heterocycles. The van der Waals surface area contributed by atoms with Crippen molar-refractivity contribution in [3.05, 3.63) is 35.9 Å². The number of hydrogen-bond acceptors (Lipinski definition) is 4. The second kappa shape index (κ2) is 9.56. The Morgan fingerprint density at radius 3 is 2.95 bits per heavy atom. The highest BCUT2D eigenvalue weighted by atomic mass is 16.5. The maximum Gasteiger partial charge on any atom is 0.237 e. The Morgan fingerprint density at radius 2 is 2.23 bits per heavy atom. The fraction of sp³-hybridized carbons (Fsp3) is 0.588. The van der Waals surface area contributed by atoms with Crippen molar-refractivity contribution in [2.75, 3.05) is 33.0 Å². The van der Waals surface area contributed by atoms with Gasteiger partial charge in [0.2, 0.25) is 5.91 Å². The molecule has 1 amide bonds. The summed E-state index contributed by atoms with van der Waals surface area (Å²) in [5.74, 6) is 0.432. The fourth-order valence-electron chi connectivity index (χ4n) is 2.44. The fourth-order valence-corrected chi connectivity index (χ4v) is 2.44. The van der Waals surface area contributed by atoms with Crippen LogP contribution in [-0.2, 0) is 20.7 Å². The Balaban J connectivity index is 1.51. The zero-order chi connectivity index (χ0) is 15.6. The Labute approximate surface area is 132 Å². The second-order valence-corrected chi connectivity index (χ2v) is 5.75. The minimum Gasteiger partial charge on any atom is -0.381 e. The Bertz CT molecular complexity index is 433. The maximum absolute atomic E-state index is 11.9. The van der Waals surface area contributed by atoms with E-state index in [0.717, 1.165) is 38.2 Å². The predicted octanol–water partition coefficient (Wildman–Crippen LogP) is 1.12. The average Bonchev–Trinajstić information content (AvgIpc) is 3.04. The first-order chi connectivity index (χ1) is 10.8. The molecule has 5 heteroatoms. The highest BCUT2D eigenvalue weighted by molar-refractivity contribution is 5.81. The van der Waals surface area contributed by atoms with Gasteiger partial charge in [-0.15, -0.1) is 0 Å². The van der Waals surface area contributed by atoms with Gasteiger partial charge in [0.1, 0.15) is 0 Å². The molecule has 22 heavy (non-hydrogen) atoms. The van der Waals surface area contributed by atoms with E-state index in [1.807, 2.05) is 30.3 Å². The summed E-state index contributed by atoms with van der Waals surface area (Å²) < 4.78 is 10.9. The molecule has 5 nitrogen and oxygen atoms in total. The molecule has 1 heterocycles. The SMILES string of the molecule is N[C@@H](Cc1ccccc1)C(=O)NCCCOCC1CCOC1. The van der Waals surface area contributed by atoms with Gasteiger partial charge in [-0.05, 0) is 24.8 Å². The first-order valence-electron chi connectivity index (χ1n) is 7.98. The zero-order valence-corrected chi connectivity index (χ0v) is 13.0. The molecule has 122 valence electrons. The molecular formula is C17H26N2O3. The van der Waals surface area contributed by atoms with Gasteiger partial charge in [0.15, 0.2) is 0 Å². The number of nitrogens with one attached hydrogen (secondary N) is 1. The lowest BCUT2D eigenvalue weighted by Gasteiger charge is -2.13. The van der Waals surface area contributed by atoms with Crippen LogP contribution in [0.1, 0.15) is 18.4 Å². The van der Waals surface area contributed by atoms with Crippen LogP contribution in [0.25, 0.3) is 0 Å². The van der Waals surface area contributed by atoms with Crippen molar-refractivity contribution in [1.82, 2.24) is 5.32 Å². The van der Waals surface area contributed by atoms with Gasteiger partial charge in [0, 0.05) is 25.7 Å². The van der Waals surface area contributed by atoms with Crippen molar-refractivity contribution >= 4 is 5.91 Å². The van der Waals surface area contributed by atoms with Crippen LogP contribution in [0.3, 0.4) is 0 Å². The minimum atomic E-state index is -0.501. The van der Waals surface area contributed by atoms with Crippen molar-refractivity contribution in [3.63, 3.8) is 0 Å². The highest BCUT2D eigenvalue weighted by Crippen LogP contribution is 2.12. The molecule has 0 spiro atoms. The Kier molecular flexibility index (Phi) is 7.36. The summed E-state index contributed by atoms with van der Waals surface area (Å²) in [5.41, 5.74) is 6.99. The first kappa shape index (κ1) is 16.9. The third kappa shape index (κ3) is 6.13. The van der Waals surface area contributed by atoms with E-state index in [2.05, 4.69) is 5.32 Å². The van der Waals surface area contributed by atoms with Crippen LogP contribution >= 0.6 is 0 Å². The molecule has 1 aromatic carbocycles. The van der Waals surface area contributed by atoms with Crippen molar-refractivity contribution in [3.8, 4) is 0 Å². The van der Waals surface area contributed by atoms with Gasteiger partial charge in [-0.1, -0.05) is 30.3 Å². The summed E-state index contributed by atoms with van der Waals surface area (Å²) >= 11 is 0. The third-order valence-corrected chi connectivity index (χ3v) is 3.78. The molecule has 0 bridgehead atoms. The van der Waals surface area contributed by atoms with E-state index in [1.54, 1.807) is 0 Å². The number of amides is 1. The molecule has 2 atom stereocenters. The van der Waals surface area contributed by atoms with Crippen LogP contribution in [0.4, 0.5) is 0 Å². The molecular weight excluding hydrogens is 280 g/mol. The van der Waals surface area contributed by atoms with E-state index >= 15 is 0 Å². The van der Waals surface area contributed by atoms with Gasteiger partial charge >= 0.3 is 0 Å². The quantitative estimate of drug-likeness (QED) is 0.671. The lowest BCUT2D eigenvalue weighted by Crippen LogP contribution is -2.42. The number of benzene rings is 1. The number of carbonyl (C=O) groups excluding carboxylic acids is 1. The minimum absolute atomic E-state index is 0.104. The molecule has 1 aliphatic heterocycles. The van der Waals surface area contributed by atoms with Gasteiger partial charge in [-0.25, -0.2) is 0 Å². The van der Waals surface area contributed by atoms with E-state index in [0.29, 0.717) is 25.5 Å². The highest BCUT2D eigenvalue weighted by Gasteiger charge is 2.15. The molecule has 1 unspecified atom stereocenters. The summed E-state index contributed by atoms with van der Waals surface area (Å²) in [4.78, 5) is 11.9. The van der Waals surface area contributed by atoms with Gasteiger partial charge in [0.05, 0.1) is 19.3 Å². The normalized spacial score (nSPS) is 19.0. The van der Waals surface area contributed by atoms with E-state index < -0.39 is 6.04 Å². The number of hydrogen-bond donors (Lipinski definition) is 2. The van der Waals surface area contributed by atoms with Gasteiger partial charge in [-0.3, -0.25) is 4.79 Å².